The van der Waals surface area contributed by atoms with E-state index in [9.17, 15) is 14.9 Å². The molecule has 0 bridgehead atoms. The molecular weight excluding hydrogens is 356 g/mol. The molecule has 3 rings (SSSR count). The van der Waals surface area contributed by atoms with E-state index in [2.05, 4.69) is 22.2 Å². The molecular formula is C18H19ClN4O3. The van der Waals surface area contributed by atoms with E-state index in [1.165, 1.54) is 18.2 Å². The topological polar surface area (TPSA) is 78.7 Å². The molecule has 1 saturated heterocycles. The molecule has 1 N–H and O–H groups in total. The van der Waals surface area contributed by atoms with E-state index >= 15 is 0 Å². The number of nitrogens with one attached hydrogen (secondary N) is 1. The van der Waals surface area contributed by atoms with Gasteiger partial charge in [0.25, 0.3) is 11.6 Å². The van der Waals surface area contributed by atoms with Crippen LogP contribution in [-0.2, 0) is 0 Å². The third kappa shape index (κ3) is 4.12. The van der Waals surface area contributed by atoms with Crippen LogP contribution in [0.5, 0.6) is 0 Å². The fraction of sp³-hybridized carbons (Fsp3) is 0.278. The molecule has 1 heterocycles. The van der Waals surface area contributed by atoms with Gasteiger partial charge in [0.1, 0.15) is 0 Å². The van der Waals surface area contributed by atoms with Crippen LogP contribution in [0.3, 0.4) is 0 Å². The van der Waals surface area contributed by atoms with Crippen LogP contribution in [-0.4, -0.2) is 49.0 Å². The number of carbonyl (C=O) groups is 1. The predicted octanol–water partition coefficient (Wildman–Crippen LogP) is 3.25. The van der Waals surface area contributed by atoms with Crippen LogP contribution < -0.4 is 10.2 Å². The van der Waals surface area contributed by atoms with Crippen LogP contribution in [0.4, 0.5) is 17.1 Å². The van der Waals surface area contributed by atoms with Crippen LogP contribution in [0.1, 0.15) is 10.4 Å². The number of nitro benzene ring substituents is 1. The zero-order valence-electron chi connectivity index (χ0n) is 14.3. The summed E-state index contributed by atoms with van der Waals surface area (Å²) in [4.78, 5) is 27.4. The second-order valence-electron chi connectivity index (χ2n) is 6.21. The van der Waals surface area contributed by atoms with Gasteiger partial charge in [0.2, 0.25) is 0 Å². The quantitative estimate of drug-likeness (QED) is 0.656. The third-order valence-corrected chi connectivity index (χ3v) is 4.61. The van der Waals surface area contributed by atoms with Gasteiger partial charge in [-0.05, 0) is 31.3 Å². The Kier molecular flexibility index (Phi) is 5.39. The molecule has 1 aliphatic rings. The lowest BCUT2D eigenvalue weighted by molar-refractivity contribution is -0.384. The molecule has 26 heavy (non-hydrogen) atoms. The molecule has 0 unspecified atom stereocenters. The first kappa shape index (κ1) is 18.2. The highest BCUT2D eigenvalue weighted by Crippen LogP contribution is 2.30. The van der Waals surface area contributed by atoms with E-state index in [0.717, 1.165) is 31.9 Å². The largest absolute Gasteiger partial charge is 0.367 e. The number of hydrogen-bond donors (Lipinski definition) is 1. The van der Waals surface area contributed by atoms with Crippen molar-refractivity contribution in [2.75, 3.05) is 43.4 Å². The van der Waals surface area contributed by atoms with Gasteiger partial charge in [-0.15, -0.1) is 0 Å². The van der Waals surface area contributed by atoms with Crippen molar-refractivity contribution in [3.8, 4) is 0 Å². The Balaban J connectivity index is 1.85. The summed E-state index contributed by atoms with van der Waals surface area (Å²) in [6, 6.07) is 11.0. The maximum absolute atomic E-state index is 12.6. The van der Waals surface area contributed by atoms with Crippen molar-refractivity contribution >= 4 is 34.6 Å². The normalized spacial score (nSPS) is 14.9. The number of carbonyl (C=O) groups excluding carboxylic acids is 1. The highest BCUT2D eigenvalue weighted by Gasteiger charge is 2.19. The molecule has 136 valence electrons. The van der Waals surface area contributed by atoms with Gasteiger partial charge in [-0.2, -0.15) is 0 Å². The first-order valence-corrected chi connectivity index (χ1v) is 8.60. The molecule has 1 amide bonds. The number of hydrogen-bond acceptors (Lipinski definition) is 5. The van der Waals surface area contributed by atoms with E-state index in [1.54, 1.807) is 18.2 Å². The van der Waals surface area contributed by atoms with Gasteiger partial charge in [0.05, 0.1) is 16.3 Å². The summed E-state index contributed by atoms with van der Waals surface area (Å²) >= 11 is 6.11. The lowest BCUT2D eigenvalue weighted by Crippen LogP contribution is -2.44. The van der Waals surface area contributed by atoms with Crippen molar-refractivity contribution in [1.82, 2.24) is 4.90 Å². The molecule has 0 spiro atoms. The van der Waals surface area contributed by atoms with Gasteiger partial charge >= 0.3 is 0 Å². The Morgan fingerprint density at radius 3 is 2.58 bits per heavy atom. The van der Waals surface area contributed by atoms with Gasteiger partial charge in [-0.1, -0.05) is 17.7 Å². The minimum absolute atomic E-state index is 0.122. The summed E-state index contributed by atoms with van der Waals surface area (Å²) < 4.78 is 0. The molecule has 1 fully saturated rings. The van der Waals surface area contributed by atoms with Crippen molar-refractivity contribution in [3.63, 3.8) is 0 Å². The summed E-state index contributed by atoms with van der Waals surface area (Å²) in [6.07, 6.45) is 0. The molecule has 0 aromatic heterocycles. The summed E-state index contributed by atoms with van der Waals surface area (Å²) in [5, 5.41) is 14.3. The van der Waals surface area contributed by atoms with E-state index in [1.807, 2.05) is 6.07 Å². The van der Waals surface area contributed by atoms with Gasteiger partial charge < -0.3 is 15.1 Å². The number of amides is 1. The third-order valence-electron chi connectivity index (χ3n) is 4.37. The Bertz CT molecular complexity index is 835. The fourth-order valence-electron chi connectivity index (χ4n) is 2.89. The molecule has 0 saturated carbocycles. The number of nitrogens with zero attached hydrogens (tertiary/aromatic N) is 3. The SMILES string of the molecule is CN1CCN(c2ccc(Cl)cc2NC(=O)c2cccc([N+](=O)[O-])c2)CC1. The van der Waals surface area contributed by atoms with Gasteiger partial charge in [0.15, 0.2) is 0 Å². The Hall–Kier alpha value is -2.64. The second kappa shape index (κ2) is 7.72. The number of rotatable bonds is 4. The van der Waals surface area contributed by atoms with Crippen molar-refractivity contribution < 1.29 is 9.72 Å². The standard InChI is InChI=1S/C18H19ClN4O3/c1-21-7-9-22(10-8-21)17-6-5-14(19)12-16(17)20-18(24)13-3-2-4-15(11-13)23(25)26/h2-6,11-12H,7-10H2,1H3,(H,20,24). The Morgan fingerprint density at radius 1 is 1.15 bits per heavy atom. The smallest absolute Gasteiger partial charge is 0.270 e. The molecule has 7 nitrogen and oxygen atoms in total. The van der Waals surface area contributed by atoms with E-state index in [4.69, 9.17) is 11.6 Å². The average molecular weight is 375 g/mol. The van der Waals surface area contributed by atoms with Gasteiger partial charge in [-0.25, -0.2) is 0 Å². The fourth-order valence-corrected chi connectivity index (χ4v) is 3.06. The molecule has 8 heteroatoms. The summed E-state index contributed by atoms with van der Waals surface area (Å²) in [7, 11) is 2.07. The molecule has 2 aromatic carbocycles. The highest BCUT2D eigenvalue weighted by molar-refractivity contribution is 6.31. The molecule has 0 radical (unpaired) electrons. The van der Waals surface area contributed by atoms with Crippen LogP contribution in [0.15, 0.2) is 42.5 Å². The predicted molar refractivity (Wildman–Crippen MR) is 102 cm³/mol. The Labute approximate surface area is 156 Å². The van der Waals surface area contributed by atoms with E-state index in [-0.39, 0.29) is 11.3 Å². The molecule has 0 aliphatic carbocycles. The van der Waals surface area contributed by atoms with Crippen molar-refractivity contribution in [2.24, 2.45) is 0 Å². The molecule has 2 aromatic rings. The maximum atomic E-state index is 12.6. The van der Waals surface area contributed by atoms with Crippen molar-refractivity contribution in [3.05, 3.63) is 63.2 Å². The van der Waals surface area contributed by atoms with E-state index in [0.29, 0.717) is 10.7 Å². The zero-order valence-corrected chi connectivity index (χ0v) is 15.1. The van der Waals surface area contributed by atoms with Gasteiger partial charge in [0, 0.05) is 48.9 Å². The number of nitro groups is 1. The number of likely N-dealkylation sites (N-methyl/N-ethyl adjacent to an activating group) is 1. The van der Waals surface area contributed by atoms with Crippen molar-refractivity contribution in [2.45, 2.75) is 0 Å². The van der Waals surface area contributed by atoms with Crippen LogP contribution in [0, 0.1) is 10.1 Å². The summed E-state index contributed by atoms with van der Waals surface area (Å²) in [6.45, 7) is 3.55. The molecule has 1 aliphatic heterocycles. The second-order valence-corrected chi connectivity index (χ2v) is 6.65. The highest BCUT2D eigenvalue weighted by atomic mass is 35.5. The maximum Gasteiger partial charge on any atom is 0.270 e. The number of halogens is 1. The molecule has 0 atom stereocenters. The average Bonchev–Trinajstić information content (AvgIpc) is 2.63. The number of anilines is 2. The van der Waals surface area contributed by atoms with Crippen LogP contribution in [0.2, 0.25) is 5.02 Å². The Morgan fingerprint density at radius 2 is 1.88 bits per heavy atom. The van der Waals surface area contributed by atoms with Crippen LogP contribution in [0.25, 0.3) is 0 Å². The number of piperazine rings is 1. The monoisotopic (exact) mass is 374 g/mol. The zero-order chi connectivity index (χ0) is 18.7. The first-order chi connectivity index (χ1) is 12.4. The number of benzene rings is 2. The van der Waals surface area contributed by atoms with Crippen molar-refractivity contribution in [1.29, 1.82) is 0 Å². The number of non-ortho nitro benzene ring substituents is 1. The summed E-state index contributed by atoms with van der Waals surface area (Å²) in [5.74, 6) is -0.411. The summed E-state index contributed by atoms with van der Waals surface area (Å²) in [5.41, 5.74) is 1.59. The van der Waals surface area contributed by atoms with Crippen LogP contribution >= 0.6 is 11.6 Å². The van der Waals surface area contributed by atoms with E-state index < -0.39 is 10.8 Å². The lowest BCUT2D eigenvalue weighted by atomic mass is 10.1. The van der Waals surface area contributed by atoms with Gasteiger partial charge in [-0.3, -0.25) is 14.9 Å². The first-order valence-electron chi connectivity index (χ1n) is 8.23. The minimum atomic E-state index is -0.522. The lowest BCUT2D eigenvalue weighted by Gasteiger charge is -2.35. The minimum Gasteiger partial charge on any atom is -0.367 e.